The fraction of sp³-hybridized carbons (Fsp3) is 0.357. The van der Waals surface area contributed by atoms with Crippen LogP contribution >= 0.6 is 0 Å². The maximum atomic E-state index is 13.7. The average molecular weight is 470 g/mol. The van der Waals surface area contributed by atoms with Crippen molar-refractivity contribution in [2.75, 3.05) is 26.8 Å². The lowest BCUT2D eigenvalue weighted by Gasteiger charge is -2.38. The van der Waals surface area contributed by atoms with Crippen LogP contribution in [-0.2, 0) is 22.9 Å². The second-order valence-corrected chi connectivity index (χ2v) is 9.01. The molecule has 0 bridgehead atoms. The number of methoxy groups -OCH3 is 1. The summed E-state index contributed by atoms with van der Waals surface area (Å²) in [6.45, 7) is 4.24. The van der Waals surface area contributed by atoms with Gasteiger partial charge in [-0.1, -0.05) is 42.0 Å². The fourth-order valence-corrected chi connectivity index (χ4v) is 4.72. The lowest BCUT2D eigenvalue weighted by Crippen LogP contribution is -2.43. The monoisotopic (exact) mass is 469 g/mol. The lowest BCUT2D eigenvalue weighted by atomic mass is 9.74. The Bertz CT molecular complexity index is 1110. The number of hydrogen-bond acceptors (Lipinski definition) is 3. The maximum absolute atomic E-state index is 13.7. The molecule has 3 aromatic rings. The third-order valence-corrected chi connectivity index (χ3v) is 6.58. The van der Waals surface area contributed by atoms with E-state index >= 15 is 0 Å². The van der Waals surface area contributed by atoms with E-state index < -0.39 is 11.7 Å². The molecule has 0 radical (unpaired) electrons. The molecule has 0 aliphatic carbocycles. The molecule has 1 heterocycles. The molecule has 1 aliphatic rings. The summed E-state index contributed by atoms with van der Waals surface area (Å²) in [6.07, 6.45) is -2.61. The number of nitrogens with one attached hydrogen (secondary N) is 1. The highest BCUT2D eigenvalue weighted by atomic mass is 19.4. The Morgan fingerprint density at radius 1 is 0.941 bits per heavy atom. The summed E-state index contributed by atoms with van der Waals surface area (Å²) in [4.78, 5) is 0. The number of rotatable bonds is 7. The van der Waals surface area contributed by atoms with Crippen molar-refractivity contribution in [3.05, 3.63) is 89.0 Å². The van der Waals surface area contributed by atoms with E-state index in [4.69, 9.17) is 9.47 Å². The summed E-state index contributed by atoms with van der Waals surface area (Å²) in [5.74, 6) is 0.537. The summed E-state index contributed by atoms with van der Waals surface area (Å²) in [5.41, 5.74) is 2.92. The molecule has 1 aliphatic heterocycles. The van der Waals surface area contributed by atoms with Crippen LogP contribution in [-0.4, -0.2) is 26.8 Å². The molecule has 0 saturated carbocycles. The first kappa shape index (κ1) is 24.3. The molecule has 180 valence electrons. The molecule has 0 amide bonds. The van der Waals surface area contributed by atoms with Crippen molar-refractivity contribution in [2.24, 2.45) is 0 Å². The Morgan fingerprint density at radius 2 is 1.68 bits per heavy atom. The van der Waals surface area contributed by atoms with Crippen LogP contribution in [0.4, 0.5) is 13.2 Å². The first-order valence-corrected chi connectivity index (χ1v) is 11.5. The quantitative estimate of drug-likeness (QED) is 0.427. The van der Waals surface area contributed by atoms with Crippen molar-refractivity contribution in [2.45, 2.75) is 38.0 Å². The van der Waals surface area contributed by atoms with Gasteiger partial charge in [-0.05, 0) is 79.9 Å². The second-order valence-electron chi connectivity index (χ2n) is 9.01. The van der Waals surface area contributed by atoms with Crippen LogP contribution in [0.2, 0.25) is 0 Å². The third kappa shape index (κ3) is 5.45. The number of alkyl halides is 3. The first-order chi connectivity index (χ1) is 16.3. The zero-order valence-electron chi connectivity index (χ0n) is 19.5. The summed E-state index contributed by atoms with van der Waals surface area (Å²) >= 11 is 0. The van der Waals surface area contributed by atoms with Crippen molar-refractivity contribution in [1.82, 2.24) is 5.32 Å². The Labute approximate surface area is 198 Å². The number of aryl methyl sites for hydroxylation is 1. The van der Waals surface area contributed by atoms with Gasteiger partial charge in [-0.2, -0.15) is 13.2 Å². The van der Waals surface area contributed by atoms with Crippen LogP contribution in [0.3, 0.4) is 0 Å². The minimum Gasteiger partial charge on any atom is -0.496 e. The molecule has 34 heavy (non-hydrogen) atoms. The zero-order valence-corrected chi connectivity index (χ0v) is 19.5. The Morgan fingerprint density at radius 3 is 2.35 bits per heavy atom. The van der Waals surface area contributed by atoms with Crippen LogP contribution in [0.15, 0.2) is 66.7 Å². The predicted octanol–water partition coefficient (Wildman–Crippen LogP) is 6.53. The fourth-order valence-electron chi connectivity index (χ4n) is 4.72. The smallest absolute Gasteiger partial charge is 0.416 e. The van der Waals surface area contributed by atoms with Crippen LogP contribution in [0, 0.1) is 6.92 Å². The molecular weight excluding hydrogens is 439 g/mol. The normalized spacial score (nSPS) is 15.8. The molecule has 0 atom stereocenters. The maximum Gasteiger partial charge on any atom is 0.416 e. The largest absolute Gasteiger partial charge is 0.496 e. The van der Waals surface area contributed by atoms with Gasteiger partial charge in [0.15, 0.2) is 0 Å². The first-order valence-electron chi connectivity index (χ1n) is 11.5. The van der Waals surface area contributed by atoms with E-state index in [1.54, 1.807) is 12.1 Å². The second kappa shape index (κ2) is 10.2. The molecule has 0 spiro atoms. The van der Waals surface area contributed by atoms with Crippen LogP contribution in [0.1, 0.15) is 35.1 Å². The molecule has 0 aromatic heterocycles. The standard InChI is InChI=1S/C28H30F3NO2/c1-20-8-9-26(33-2)25(14-20)22-15-21(16-24(17-22)28(29,30)31)18-34-19-27(10-12-32-13-11-27)23-6-4-3-5-7-23/h3-9,14-17,32H,10-13,18-19H2,1-2H3. The Kier molecular flexibility index (Phi) is 7.29. The van der Waals surface area contributed by atoms with E-state index in [-0.39, 0.29) is 12.0 Å². The van der Waals surface area contributed by atoms with E-state index in [0.29, 0.717) is 29.0 Å². The number of hydrogen-bond donors (Lipinski definition) is 1. The lowest BCUT2D eigenvalue weighted by molar-refractivity contribution is -0.137. The molecule has 1 saturated heterocycles. The van der Waals surface area contributed by atoms with Gasteiger partial charge in [-0.15, -0.1) is 0 Å². The molecule has 1 N–H and O–H groups in total. The highest BCUT2D eigenvalue weighted by molar-refractivity contribution is 5.72. The van der Waals surface area contributed by atoms with Crippen LogP contribution in [0.5, 0.6) is 5.75 Å². The number of benzene rings is 3. The SMILES string of the molecule is COc1ccc(C)cc1-c1cc(COCC2(c3ccccc3)CCNCC2)cc(C(F)(F)F)c1. The predicted molar refractivity (Wildman–Crippen MR) is 128 cm³/mol. The van der Waals surface area contributed by atoms with Crippen LogP contribution < -0.4 is 10.1 Å². The summed E-state index contributed by atoms with van der Waals surface area (Å²) in [7, 11) is 1.52. The van der Waals surface area contributed by atoms with Gasteiger partial charge in [0.05, 0.1) is 25.9 Å². The zero-order chi connectivity index (χ0) is 24.2. The number of halogens is 3. The Balaban J connectivity index is 1.62. The van der Waals surface area contributed by atoms with Crippen molar-refractivity contribution in [3.63, 3.8) is 0 Å². The van der Waals surface area contributed by atoms with Crippen molar-refractivity contribution < 1.29 is 22.6 Å². The van der Waals surface area contributed by atoms with Gasteiger partial charge < -0.3 is 14.8 Å². The molecule has 4 rings (SSSR count). The third-order valence-electron chi connectivity index (χ3n) is 6.58. The van der Waals surface area contributed by atoms with Gasteiger partial charge in [-0.25, -0.2) is 0 Å². The summed E-state index contributed by atoms with van der Waals surface area (Å²) in [5, 5.41) is 3.39. The average Bonchev–Trinajstić information content (AvgIpc) is 2.84. The van der Waals surface area contributed by atoms with Gasteiger partial charge in [-0.3, -0.25) is 0 Å². The van der Waals surface area contributed by atoms with E-state index in [2.05, 4.69) is 17.4 Å². The molecule has 3 aromatic carbocycles. The molecule has 6 heteroatoms. The van der Waals surface area contributed by atoms with E-state index in [9.17, 15) is 13.2 Å². The van der Waals surface area contributed by atoms with Crippen LogP contribution in [0.25, 0.3) is 11.1 Å². The van der Waals surface area contributed by atoms with E-state index in [1.807, 2.05) is 37.3 Å². The van der Waals surface area contributed by atoms with Gasteiger partial charge in [0, 0.05) is 11.0 Å². The van der Waals surface area contributed by atoms with Gasteiger partial charge in [0.25, 0.3) is 0 Å². The number of piperidine rings is 1. The molecule has 1 fully saturated rings. The minimum atomic E-state index is -4.46. The molecular formula is C28H30F3NO2. The van der Waals surface area contributed by atoms with E-state index in [1.165, 1.54) is 24.8 Å². The van der Waals surface area contributed by atoms with Crippen molar-refractivity contribution in [1.29, 1.82) is 0 Å². The highest BCUT2D eigenvalue weighted by Gasteiger charge is 2.35. The number of ether oxygens (including phenoxy) is 2. The minimum absolute atomic E-state index is 0.104. The Hall–Kier alpha value is -2.83. The van der Waals surface area contributed by atoms with Gasteiger partial charge in [0.1, 0.15) is 5.75 Å². The molecule has 3 nitrogen and oxygen atoms in total. The highest BCUT2D eigenvalue weighted by Crippen LogP contribution is 2.38. The van der Waals surface area contributed by atoms with Gasteiger partial charge in [0.2, 0.25) is 0 Å². The van der Waals surface area contributed by atoms with E-state index in [0.717, 1.165) is 31.5 Å². The summed E-state index contributed by atoms with van der Waals surface area (Å²) in [6, 6.07) is 19.9. The van der Waals surface area contributed by atoms with Gasteiger partial charge >= 0.3 is 6.18 Å². The topological polar surface area (TPSA) is 30.5 Å². The van der Waals surface area contributed by atoms with Crippen molar-refractivity contribution in [3.8, 4) is 16.9 Å². The summed E-state index contributed by atoms with van der Waals surface area (Å²) < 4.78 is 52.8. The molecule has 0 unspecified atom stereocenters. The van der Waals surface area contributed by atoms with Crippen molar-refractivity contribution >= 4 is 0 Å².